The average molecular weight is 175 g/mol. The lowest BCUT2D eigenvalue weighted by Crippen LogP contribution is -2.33. The minimum absolute atomic E-state index is 0.0376. The first kappa shape index (κ1) is 14.0. The summed E-state index contributed by atoms with van der Waals surface area (Å²) in [6.45, 7) is 6.02. The van der Waals surface area contributed by atoms with Crippen LogP contribution in [0.4, 0.5) is 0 Å². The number of ether oxygens (including phenoxy) is 1. The van der Waals surface area contributed by atoms with E-state index in [1.807, 2.05) is 20.8 Å². The van der Waals surface area contributed by atoms with Gasteiger partial charge in [-0.15, -0.1) is 0 Å². The van der Waals surface area contributed by atoms with Gasteiger partial charge in [0.15, 0.2) is 0 Å². The normalized spacial score (nSPS) is 11.1. The lowest BCUT2D eigenvalue weighted by molar-refractivity contribution is -0.130. The van der Waals surface area contributed by atoms with E-state index in [9.17, 15) is 4.79 Å². The van der Waals surface area contributed by atoms with Crippen LogP contribution in [0, 0.1) is 0 Å². The summed E-state index contributed by atoms with van der Waals surface area (Å²) in [5.74, 6) is -0.0376. The largest absolute Gasteiger partial charge is 0.372 e. The Hall–Kier alpha value is -0.570. The first-order valence-corrected chi connectivity index (χ1v) is 4.50. The summed E-state index contributed by atoms with van der Waals surface area (Å²) in [6, 6.07) is 0. The number of nitrogens with one attached hydrogen (secondary N) is 1. The maximum Gasteiger partial charge on any atom is 0.248 e. The third-order valence-electron chi connectivity index (χ3n) is 1.37. The van der Waals surface area contributed by atoms with Gasteiger partial charge < -0.3 is 10.1 Å². The van der Waals surface area contributed by atoms with E-state index >= 15 is 0 Å². The zero-order valence-electron chi connectivity index (χ0n) is 8.81. The van der Waals surface area contributed by atoms with Crippen molar-refractivity contribution < 1.29 is 9.53 Å². The lowest BCUT2D eigenvalue weighted by atomic mass is 10.2. The Morgan fingerprint density at radius 1 is 1.50 bits per heavy atom. The van der Waals surface area contributed by atoms with Crippen LogP contribution in [0.15, 0.2) is 0 Å². The number of carbonyl (C=O) groups excluding carboxylic acids is 1. The highest BCUT2D eigenvalue weighted by Gasteiger charge is 2.13. The molecule has 1 amide bonds. The van der Waals surface area contributed by atoms with Crippen molar-refractivity contribution in [2.24, 2.45) is 0 Å². The van der Waals surface area contributed by atoms with Crippen molar-refractivity contribution in [2.75, 3.05) is 14.2 Å². The molecule has 0 aromatic carbocycles. The molecular formula is C9H21NO2. The molecule has 0 rings (SSSR count). The van der Waals surface area contributed by atoms with Crippen LogP contribution in [0.25, 0.3) is 0 Å². The van der Waals surface area contributed by atoms with Crippen molar-refractivity contribution in [1.82, 2.24) is 5.32 Å². The topological polar surface area (TPSA) is 38.3 Å². The van der Waals surface area contributed by atoms with E-state index in [-0.39, 0.29) is 12.0 Å². The number of amides is 1. The summed E-state index contributed by atoms with van der Waals surface area (Å²) < 4.78 is 4.93. The summed E-state index contributed by atoms with van der Waals surface area (Å²) >= 11 is 0. The number of hydrogen-bond donors (Lipinski definition) is 1. The second kappa shape index (κ2) is 10.4. The predicted octanol–water partition coefficient (Wildman–Crippen LogP) is 1.57. The molecule has 0 saturated heterocycles. The molecule has 0 aliphatic carbocycles. The van der Waals surface area contributed by atoms with Gasteiger partial charge in [-0.3, -0.25) is 4.79 Å². The van der Waals surface area contributed by atoms with Crippen LogP contribution < -0.4 is 5.32 Å². The van der Waals surface area contributed by atoms with Crippen molar-refractivity contribution in [2.45, 2.75) is 39.7 Å². The Labute approximate surface area is 75.5 Å². The summed E-state index contributed by atoms with van der Waals surface area (Å²) in [6.07, 6.45) is 1.48. The molecule has 1 N–H and O–H groups in total. The van der Waals surface area contributed by atoms with Crippen LogP contribution in [0.1, 0.15) is 33.6 Å². The van der Waals surface area contributed by atoms with Crippen molar-refractivity contribution in [3.63, 3.8) is 0 Å². The SMILES string of the molecule is CC.CCCC(OC)C(=O)NC. The third kappa shape index (κ3) is 6.16. The molecule has 0 aromatic heterocycles. The third-order valence-corrected chi connectivity index (χ3v) is 1.37. The number of methoxy groups -OCH3 is 1. The van der Waals surface area contributed by atoms with Gasteiger partial charge in [0.05, 0.1) is 0 Å². The van der Waals surface area contributed by atoms with Crippen molar-refractivity contribution in [3.05, 3.63) is 0 Å². The summed E-state index contributed by atoms with van der Waals surface area (Å²) in [5.41, 5.74) is 0. The Balaban J connectivity index is 0. The standard InChI is InChI=1S/C7H15NO2.C2H6/c1-4-5-6(10-3)7(9)8-2;1-2/h6H,4-5H2,1-3H3,(H,8,9);1-2H3. The van der Waals surface area contributed by atoms with E-state index in [1.165, 1.54) is 0 Å². The van der Waals surface area contributed by atoms with E-state index in [4.69, 9.17) is 4.74 Å². The molecule has 3 heteroatoms. The molecule has 0 radical (unpaired) electrons. The summed E-state index contributed by atoms with van der Waals surface area (Å²) in [7, 11) is 3.17. The summed E-state index contributed by atoms with van der Waals surface area (Å²) in [4.78, 5) is 10.9. The highest BCUT2D eigenvalue weighted by molar-refractivity contribution is 5.80. The second-order valence-corrected chi connectivity index (χ2v) is 2.13. The van der Waals surface area contributed by atoms with Gasteiger partial charge in [-0.1, -0.05) is 27.2 Å². The van der Waals surface area contributed by atoms with Gasteiger partial charge in [0.25, 0.3) is 0 Å². The quantitative estimate of drug-likeness (QED) is 0.704. The zero-order valence-corrected chi connectivity index (χ0v) is 8.81. The van der Waals surface area contributed by atoms with E-state index in [2.05, 4.69) is 5.32 Å². The molecule has 1 atom stereocenters. The van der Waals surface area contributed by atoms with Crippen LogP contribution in [0.5, 0.6) is 0 Å². The average Bonchev–Trinajstić information content (AvgIpc) is 2.16. The van der Waals surface area contributed by atoms with Crippen LogP contribution in [0.3, 0.4) is 0 Å². The number of likely N-dealkylation sites (N-methyl/N-ethyl adjacent to an activating group) is 1. The Bertz CT molecular complexity index is 105. The molecule has 0 bridgehead atoms. The summed E-state index contributed by atoms with van der Waals surface area (Å²) in [5, 5.41) is 2.54. The minimum atomic E-state index is -0.269. The van der Waals surface area contributed by atoms with E-state index in [1.54, 1.807) is 14.2 Å². The minimum Gasteiger partial charge on any atom is -0.372 e. The second-order valence-electron chi connectivity index (χ2n) is 2.13. The molecule has 0 saturated carbocycles. The van der Waals surface area contributed by atoms with Crippen LogP contribution in [-0.4, -0.2) is 26.2 Å². The van der Waals surface area contributed by atoms with Crippen molar-refractivity contribution in [1.29, 1.82) is 0 Å². The Morgan fingerprint density at radius 2 is 2.00 bits per heavy atom. The van der Waals surface area contributed by atoms with E-state index in [0.717, 1.165) is 12.8 Å². The monoisotopic (exact) mass is 175 g/mol. The number of hydrogen-bond acceptors (Lipinski definition) is 2. The predicted molar refractivity (Wildman–Crippen MR) is 51.1 cm³/mol. The van der Waals surface area contributed by atoms with Gasteiger partial charge in [0, 0.05) is 14.2 Å². The molecule has 0 spiro atoms. The molecule has 74 valence electrons. The van der Waals surface area contributed by atoms with Crippen molar-refractivity contribution in [3.8, 4) is 0 Å². The molecule has 0 fully saturated rings. The highest BCUT2D eigenvalue weighted by Crippen LogP contribution is 1.99. The maximum atomic E-state index is 10.9. The number of rotatable bonds is 4. The number of carbonyl (C=O) groups is 1. The van der Waals surface area contributed by atoms with Gasteiger partial charge in [-0.05, 0) is 6.42 Å². The first-order valence-electron chi connectivity index (χ1n) is 4.50. The highest BCUT2D eigenvalue weighted by atomic mass is 16.5. The fraction of sp³-hybridized carbons (Fsp3) is 0.889. The van der Waals surface area contributed by atoms with Gasteiger partial charge >= 0.3 is 0 Å². The van der Waals surface area contributed by atoms with Crippen LogP contribution in [-0.2, 0) is 9.53 Å². The van der Waals surface area contributed by atoms with Gasteiger partial charge in [0.1, 0.15) is 6.10 Å². The molecule has 0 aliphatic rings. The molecule has 1 unspecified atom stereocenters. The fourth-order valence-electron chi connectivity index (χ4n) is 0.779. The Morgan fingerprint density at radius 3 is 2.25 bits per heavy atom. The van der Waals surface area contributed by atoms with Gasteiger partial charge in [0.2, 0.25) is 5.91 Å². The molecule has 0 heterocycles. The van der Waals surface area contributed by atoms with Crippen LogP contribution in [0.2, 0.25) is 0 Å². The van der Waals surface area contributed by atoms with Crippen molar-refractivity contribution >= 4 is 5.91 Å². The fourth-order valence-corrected chi connectivity index (χ4v) is 0.779. The lowest BCUT2D eigenvalue weighted by Gasteiger charge is -2.11. The molecule has 0 aromatic rings. The van der Waals surface area contributed by atoms with E-state index in [0.29, 0.717) is 0 Å². The first-order chi connectivity index (χ1) is 5.76. The zero-order chi connectivity index (χ0) is 9.98. The molecular weight excluding hydrogens is 154 g/mol. The van der Waals surface area contributed by atoms with Crippen LogP contribution >= 0.6 is 0 Å². The maximum absolute atomic E-state index is 10.9. The van der Waals surface area contributed by atoms with E-state index < -0.39 is 0 Å². The van der Waals surface area contributed by atoms with Gasteiger partial charge in [-0.25, -0.2) is 0 Å². The Kier molecular flexibility index (Phi) is 12.2. The molecule has 3 nitrogen and oxygen atoms in total. The molecule has 0 aliphatic heterocycles. The molecule has 12 heavy (non-hydrogen) atoms. The van der Waals surface area contributed by atoms with Gasteiger partial charge in [-0.2, -0.15) is 0 Å². The smallest absolute Gasteiger partial charge is 0.248 e.